The van der Waals surface area contributed by atoms with Gasteiger partial charge in [0.1, 0.15) is 5.76 Å². The molecule has 1 spiro atoms. The number of likely N-dealkylation sites (tertiary alicyclic amines) is 1. The Hall–Kier alpha value is -2.82. The van der Waals surface area contributed by atoms with Gasteiger partial charge in [-0.15, -0.1) is 0 Å². The maximum Gasteiger partial charge on any atom is 0.222 e. The number of hydrogen-bond donors (Lipinski definition) is 1. The normalized spacial score (nSPS) is 24.3. The zero-order valence-electron chi connectivity index (χ0n) is 17.2. The number of fused-ring (bicyclic) bond motifs is 2. The Bertz CT molecular complexity index is 970. The van der Waals surface area contributed by atoms with E-state index in [9.17, 15) is 9.59 Å². The van der Waals surface area contributed by atoms with Crippen molar-refractivity contribution in [3.05, 3.63) is 65.6 Å². The summed E-state index contributed by atoms with van der Waals surface area (Å²) in [5.74, 6) is 1.12. The summed E-state index contributed by atoms with van der Waals surface area (Å²) in [5, 5.41) is 3.14. The Kier molecular flexibility index (Phi) is 4.76. The first-order chi connectivity index (χ1) is 14.6. The zero-order valence-corrected chi connectivity index (χ0v) is 17.2. The van der Waals surface area contributed by atoms with Crippen molar-refractivity contribution < 1.29 is 14.0 Å². The largest absolute Gasteiger partial charge is 0.469 e. The van der Waals surface area contributed by atoms with Gasteiger partial charge in [0.05, 0.1) is 6.26 Å². The number of benzene rings is 1. The van der Waals surface area contributed by atoms with Gasteiger partial charge in [0.2, 0.25) is 11.8 Å². The molecule has 2 saturated heterocycles. The molecule has 0 saturated carbocycles. The lowest BCUT2D eigenvalue weighted by molar-refractivity contribution is -0.133. The fourth-order valence-corrected chi connectivity index (χ4v) is 5.46. The Morgan fingerprint density at radius 1 is 1.10 bits per heavy atom. The van der Waals surface area contributed by atoms with E-state index >= 15 is 0 Å². The van der Waals surface area contributed by atoms with Gasteiger partial charge in [-0.25, -0.2) is 0 Å². The Balaban J connectivity index is 1.20. The third-order valence-electron chi connectivity index (χ3n) is 7.23. The maximum absolute atomic E-state index is 13.0. The molecule has 5 nitrogen and oxygen atoms in total. The van der Waals surface area contributed by atoms with Crippen LogP contribution in [0, 0.1) is 0 Å². The van der Waals surface area contributed by atoms with Gasteiger partial charge in [0.25, 0.3) is 0 Å². The number of carbonyl (C=O) groups is 2. The first-order valence-electron chi connectivity index (χ1n) is 11.0. The van der Waals surface area contributed by atoms with E-state index < -0.39 is 0 Å². The van der Waals surface area contributed by atoms with Gasteiger partial charge in [0, 0.05) is 43.3 Å². The van der Waals surface area contributed by atoms with Gasteiger partial charge in [0.15, 0.2) is 0 Å². The second-order valence-corrected chi connectivity index (χ2v) is 9.04. The highest BCUT2D eigenvalue weighted by Gasteiger charge is 2.41. The average Bonchev–Trinajstić information content (AvgIpc) is 3.49. The van der Waals surface area contributed by atoms with E-state index in [2.05, 4.69) is 41.7 Å². The van der Waals surface area contributed by atoms with Crippen molar-refractivity contribution >= 4 is 17.9 Å². The van der Waals surface area contributed by atoms with E-state index in [0.717, 1.165) is 38.1 Å². The third kappa shape index (κ3) is 3.47. The van der Waals surface area contributed by atoms with Crippen LogP contribution in [0.2, 0.25) is 0 Å². The molecule has 1 aliphatic carbocycles. The summed E-state index contributed by atoms with van der Waals surface area (Å²) in [6, 6.07) is 12.4. The molecule has 3 aliphatic rings. The summed E-state index contributed by atoms with van der Waals surface area (Å²) >= 11 is 0. The molecular formula is C25H28N2O3. The maximum atomic E-state index is 13.0. The zero-order chi connectivity index (χ0) is 20.6. The van der Waals surface area contributed by atoms with Crippen molar-refractivity contribution in [1.29, 1.82) is 0 Å². The molecule has 2 fully saturated rings. The van der Waals surface area contributed by atoms with Crippen molar-refractivity contribution in [2.45, 2.75) is 55.9 Å². The minimum absolute atomic E-state index is 0.0700. The highest BCUT2D eigenvalue weighted by Crippen LogP contribution is 2.43. The number of piperidine rings is 1. The lowest BCUT2D eigenvalue weighted by atomic mass is 9.74. The summed E-state index contributed by atoms with van der Waals surface area (Å²) in [6.07, 6.45) is 11.2. The summed E-state index contributed by atoms with van der Waals surface area (Å²) in [4.78, 5) is 26.9. The van der Waals surface area contributed by atoms with Crippen LogP contribution in [0.15, 0.2) is 53.2 Å². The predicted molar refractivity (Wildman–Crippen MR) is 115 cm³/mol. The minimum Gasteiger partial charge on any atom is -0.469 e. The van der Waals surface area contributed by atoms with Crippen LogP contribution in [-0.4, -0.2) is 35.3 Å². The molecule has 156 valence electrons. The first-order valence-corrected chi connectivity index (χ1v) is 11.0. The number of nitrogens with zero attached hydrogens (tertiary/aromatic N) is 1. The molecule has 0 radical (unpaired) electrons. The van der Waals surface area contributed by atoms with Crippen molar-refractivity contribution in [1.82, 2.24) is 10.2 Å². The fourth-order valence-electron chi connectivity index (χ4n) is 5.46. The van der Waals surface area contributed by atoms with Crippen LogP contribution in [0.4, 0.5) is 0 Å². The summed E-state index contributed by atoms with van der Waals surface area (Å²) in [7, 11) is 0. The molecule has 2 aliphatic heterocycles. The van der Waals surface area contributed by atoms with Gasteiger partial charge in [-0.3, -0.25) is 9.59 Å². The van der Waals surface area contributed by atoms with Crippen LogP contribution in [0.5, 0.6) is 0 Å². The van der Waals surface area contributed by atoms with Gasteiger partial charge >= 0.3 is 0 Å². The van der Waals surface area contributed by atoms with Gasteiger partial charge in [-0.05, 0) is 48.9 Å². The van der Waals surface area contributed by atoms with E-state index in [1.54, 1.807) is 6.26 Å². The van der Waals surface area contributed by atoms with Crippen molar-refractivity contribution in [3.63, 3.8) is 0 Å². The molecule has 5 rings (SSSR count). The van der Waals surface area contributed by atoms with Crippen molar-refractivity contribution in [3.8, 4) is 0 Å². The van der Waals surface area contributed by atoms with Crippen LogP contribution in [0.3, 0.4) is 0 Å². The molecule has 5 heteroatoms. The van der Waals surface area contributed by atoms with E-state index in [1.807, 2.05) is 17.0 Å². The molecule has 30 heavy (non-hydrogen) atoms. The molecule has 1 N–H and O–H groups in total. The van der Waals surface area contributed by atoms with Crippen molar-refractivity contribution in [2.24, 2.45) is 0 Å². The minimum atomic E-state index is -0.366. The molecule has 1 aromatic carbocycles. The molecular weight excluding hydrogens is 376 g/mol. The summed E-state index contributed by atoms with van der Waals surface area (Å²) in [6.45, 7) is 1.57. The predicted octanol–water partition coefficient (Wildman–Crippen LogP) is 3.84. The lowest BCUT2D eigenvalue weighted by Gasteiger charge is -2.39. The second kappa shape index (κ2) is 7.46. The van der Waals surface area contributed by atoms with Crippen molar-refractivity contribution in [2.75, 3.05) is 13.1 Å². The molecule has 2 aromatic rings. The topological polar surface area (TPSA) is 62.6 Å². The second-order valence-electron chi connectivity index (χ2n) is 9.04. The van der Waals surface area contributed by atoms with Crippen LogP contribution in [-0.2, 0) is 21.4 Å². The van der Waals surface area contributed by atoms with E-state index in [-0.39, 0.29) is 22.8 Å². The number of nitrogens with one attached hydrogen (secondary N) is 1. The summed E-state index contributed by atoms with van der Waals surface area (Å²) in [5.41, 5.74) is 2.44. The number of amides is 2. The van der Waals surface area contributed by atoms with E-state index in [4.69, 9.17) is 4.42 Å². The van der Waals surface area contributed by atoms with Crippen LogP contribution < -0.4 is 5.32 Å². The fraction of sp³-hybridized carbons (Fsp3) is 0.440. The van der Waals surface area contributed by atoms with Crippen LogP contribution in [0.1, 0.15) is 55.4 Å². The van der Waals surface area contributed by atoms with Gasteiger partial charge < -0.3 is 14.6 Å². The molecule has 2 amide bonds. The Morgan fingerprint density at radius 2 is 1.93 bits per heavy atom. The highest BCUT2D eigenvalue weighted by molar-refractivity contribution is 5.80. The number of hydrogen-bond acceptors (Lipinski definition) is 3. The van der Waals surface area contributed by atoms with Crippen LogP contribution in [0.25, 0.3) is 6.08 Å². The quantitative estimate of drug-likeness (QED) is 0.824. The standard InChI is InChI=1S/C25H28N2O3/c28-22-8-11-25(26-22,18-20-5-3-17-30-20)12-9-23(29)27-15-13-24(14-16-27)10-7-19-4-1-2-6-21(19)24/h1-7,10,17H,8-9,11-16,18H2,(H,26,28). The van der Waals surface area contributed by atoms with Gasteiger partial charge in [-0.2, -0.15) is 0 Å². The monoisotopic (exact) mass is 404 g/mol. The lowest BCUT2D eigenvalue weighted by Crippen LogP contribution is -2.47. The average molecular weight is 405 g/mol. The number of furan rings is 1. The Morgan fingerprint density at radius 3 is 2.67 bits per heavy atom. The first kappa shape index (κ1) is 19.2. The highest BCUT2D eigenvalue weighted by atomic mass is 16.3. The third-order valence-corrected chi connectivity index (χ3v) is 7.23. The number of carbonyl (C=O) groups excluding carboxylic acids is 2. The smallest absolute Gasteiger partial charge is 0.222 e. The summed E-state index contributed by atoms with van der Waals surface area (Å²) < 4.78 is 5.51. The number of rotatable bonds is 5. The molecule has 3 heterocycles. The van der Waals surface area contributed by atoms with E-state index in [0.29, 0.717) is 25.7 Å². The molecule has 1 atom stereocenters. The number of allylic oxidation sites excluding steroid dienone is 1. The SMILES string of the molecule is O=C1CCC(CCC(=O)N2CCC3(C=Cc4ccccc43)CC2)(Cc2ccco2)N1. The molecule has 0 bridgehead atoms. The molecule has 1 unspecified atom stereocenters. The van der Waals surface area contributed by atoms with Crippen LogP contribution >= 0.6 is 0 Å². The van der Waals surface area contributed by atoms with Gasteiger partial charge in [-0.1, -0.05) is 36.4 Å². The molecule has 1 aromatic heterocycles. The van der Waals surface area contributed by atoms with E-state index in [1.165, 1.54) is 11.1 Å². The Labute approximate surface area is 177 Å².